The van der Waals surface area contributed by atoms with Crippen LogP contribution < -0.4 is 21.5 Å². The molecule has 0 atom stereocenters. The van der Waals surface area contributed by atoms with Gasteiger partial charge in [0.15, 0.2) is 0 Å². The zero-order chi connectivity index (χ0) is 24.9. The third-order valence-electron chi connectivity index (χ3n) is 6.34. The molecule has 0 saturated carbocycles. The van der Waals surface area contributed by atoms with Crippen LogP contribution >= 0.6 is 11.6 Å². The molecule has 3 amide bonds. The Balaban J connectivity index is 1.47. The highest BCUT2D eigenvalue weighted by Crippen LogP contribution is 2.35. The summed E-state index contributed by atoms with van der Waals surface area (Å²) in [6.45, 7) is 3.85. The van der Waals surface area contributed by atoms with Gasteiger partial charge in [-0.2, -0.15) is 0 Å². The number of nitrogens with two attached hydrogens (primary N) is 1. The van der Waals surface area contributed by atoms with Crippen LogP contribution in [0.5, 0.6) is 0 Å². The van der Waals surface area contributed by atoms with Gasteiger partial charge in [-0.05, 0) is 31.2 Å². The number of aromatic nitrogens is 1. The second kappa shape index (κ2) is 8.59. The second-order valence-corrected chi connectivity index (χ2v) is 8.94. The molecule has 3 aromatic rings. The summed E-state index contributed by atoms with van der Waals surface area (Å²) in [4.78, 5) is 54.0. The number of nitrogens with one attached hydrogen (secondary N) is 1. The average molecular weight is 492 g/mol. The standard InChI is InChI=1S/C25H22ClN5O4/c1-14-5-7-15(8-6-14)25(35)30-11-9-29(10-12-30)21-17(26)3-2-4-18(21)31-19(32)13-16-20(22(31)27)24(34)28-23(16)33/h2-8,13H,9-12,27H2,1H3,(H,28,33,34). The highest BCUT2D eigenvalue weighted by Gasteiger charge is 2.33. The Bertz CT molecular complexity index is 1440. The molecule has 1 aromatic heterocycles. The molecule has 0 radical (unpaired) electrons. The number of para-hydroxylation sites is 1. The number of hydrogen-bond acceptors (Lipinski definition) is 6. The predicted molar refractivity (Wildman–Crippen MR) is 133 cm³/mol. The Kier molecular flexibility index (Phi) is 5.56. The monoisotopic (exact) mass is 491 g/mol. The smallest absolute Gasteiger partial charge is 0.262 e. The predicted octanol–water partition coefficient (Wildman–Crippen LogP) is 2.23. The van der Waals surface area contributed by atoms with Crippen LogP contribution in [0.4, 0.5) is 11.5 Å². The van der Waals surface area contributed by atoms with Gasteiger partial charge in [-0.15, -0.1) is 0 Å². The molecule has 3 heterocycles. The van der Waals surface area contributed by atoms with Crippen LogP contribution in [0.15, 0.2) is 53.3 Å². The van der Waals surface area contributed by atoms with E-state index in [1.165, 1.54) is 4.57 Å². The lowest BCUT2D eigenvalue weighted by Gasteiger charge is -2.37. The van der Waals surface area contributed by atoms with Gasteiger partial charge in [-0.1, -0.05) is 35.4 Å². The van der Waals surface area contributed by atoms with Gasteiger partial charge in [-0.25, -0.2) is 0 Å². The number of nitrogens with zero attached hydrogens (tertiary/aromatic N) is 3. The van der Waals surface area contributed by atoms with Crippen LogP contribution in [-0.4, -0.2) is 53.4 Å². The number of carbonyl (C=O) groups excluding carboxylic acids is 3. The fourth-order valence-corrected chi connectivity index (χ4v) is 4.83. The molecule has 35 heavy (non-hydrogen) atoms. The fourth-order valence-electron chi connectivity index (χ4n) is 4.54. The van der Waals surface area contributed by atoms with E-state index in [9.17, 15) is 19.2 Å². The minimum atomic E-state index is -0.651. The Hall–Kier alpha value is -4.11. The first-order valence-electron chi connectivity index (χ1n) is 11.1. The number of benzene rings is 2. The molecule has 0 unspecified atom stereocenters. The van der Waals surface area contributed by atoms with Crippen LogP contribution in [0.25, 0.3) is 5.69 Å². The topological polar surface area (TPSA) is 118 Å². The van der Waals surface area contributed by atoms with E-state index in [4.69, 9.17) is 17.3 Å². The molecule has 5 rings (SSSR count). The molecular formula is C25H22ClN5O4. The van der Waals surface area contributed by atoms with Crippen LogP contribution in [0.1, 0.15) is 36.6 Å². The van der Waals surface area contributed by atoms with Crippen LogP contribution in [0, 0.1) is 6.92 Å². The summed E-state index contributed by atoms with van der Waals surface area (Å²) in [6.07, 6.45) is 0. The molecule has 1 saturated heterocycles. The van der Waals surface area contributed by atoms with Crippen molar-refractivity contribution in [1.29, 1.82) is 0 Å². The number of pyridine rings is 1. The van der Waals surface area contributed by atoms with Crippen molar-refractivity contribution in [2.75, 3.05) is 36.8 Å². The van der Waals surface area contributed by atoms with Gasteiger partial charge in [0.1, 0.15) is 5.82 Å². The molecule has 10 heteroatoms. The molecule has 0 spiro atoms. The highest BCUT2D eigenvalue weighted by molar-refractivity contribution is 6.33. The highest BCUT2D eigenvalue weighted by atomic mass is 35.5. The number of anilines is 2. The van der Waals surface area contributed by atoms with E-state index in [0.717, 1.165) is 11.6 Å². The maximum Gasteiger partial charge on any atom is 0.262 e. The summed E-state index contributed by atoms with van der Waals surface area (Å²) in [5.74, 6) is -1.48. The van der Waals surface area contributed by atoms with E-state index in [0.29, 0.717) is 48.1 Å². The minimum Gasteiger partial charge on any atom is -0.384 e. The van der Waals surface area contributed by atoms with E-state index in [1.54, 1.807) is 23.1 Å². The molecule has 0 bridgehead atoms. The zero-order valence-electron chi connectivity index (χ0n) is 18.9. The van der Waals surface area contributed by atoms with Gasteiger partial charge in [0.25, 0.3) is 23.3 Å². The van der Waals surface area contributed by atoms with E-state index < -0.39 is 17.4 Å². The molecular weight excluding hydrogens is 470 g/mol. The summed E-state index contributed by atoms with van der Waals surface area (Å²) in [5.41, 5.74) is 8.29. The minimum absolute atomic E-state index is 0.0333. The van der Waals surface area contributed by atoms with E-state index in [2.05, 4.69) is 5.32 Å². The summed E-state index contributed by atoms with van der Waals surface area (Å²) in [7, 11) is 0. The van der Waals surface area contributed by atoms with E-state index >= 15 is 0 Å². The van der Waals surface area contributed by atoms with Gasteiger partial charge in [0.2, 0.25) is 0 Å². The van der Waals surface area contributed by atoms with Crippen molar-refractivity contribution < 1.29 is 14.4 Å². The first-order chi connectivity index (χ1) is 16.8. The first kappa shape index (κ1) is 22.7. The number of hydrogen-bond donors (Lipinski definition) is 2. The number of imide groups is 1. The summed E-state index contributed by atoms with van der Waals surface area (Å²) >= 11 is 6.58. The third kappa shape index (κ3) is 3.83. The maximum atomic E-state index is 13.0. The normalized spacial score (nSPS) is 15.3. The van der Waals surface area contributed by atoms with Gasteiger partial charge >= 0.3 is 0 Å². The van der Waals surface area contributed by atoms with Crippen molar-refractivity contribution >= 4 is 40.8 Å². The molecule has 3 N–H and O–H groups in total. The summed E-state index contributed by atoms with van der Waals surface area (Å²) in [6, 6.07) is 13.6. The Morgan fingerprint density at radius 2 is 1.66 bits per heavy atom. The Morgan fingerprint density at radius 1 is 0.971 bits per heavy atom. The summed E-state index contributed by atoms with van der Waals surface area (Å²) < 4.78 is 1.20. The van der Waals surface area contributed by atoms with Crippen LogP contribution in [0.3, 0.4) is 0 Å². The van der Waals surface area contributed by atoms with E-state index in [-0.39, 0.29) is 22.9 Å². The SMILES string of the molecule is Cc1ccc(C(=O)N2CCN(c3c(Cl)cccc3-n3c(N)c4c(cc3=O)C(=O)NC4=O)CC2)cc1. The Morgan fingerprint density at radius 3 is 2.34 bits per heavy atom. The van der Waals surface area contributed by atoms with Gasteiger partial charge in [0.05, 0.1) is 27.5 Å². The third-order valence-corrected chi connectivity index (χ3v) is 6.65. The number of fused-ring (bicyclic) bond motifs is 1. The van der Waals surface area contributed by atoms with Crippen molar-refractivity contribution in [2.24, 2.45) is 0 Å². The number of rotatable bonds is 3. The van der Waals surface area contributed by atoms with Gasteiger partial charge in [-0.3, -0.25) is 29.1 Å². The van der Waals surface area contributed by atoms with Gasteiger partial charge < -0.3 is 15.5 Å². The van der Waals surface area contributed by atoms with E-state index in [1.807, 2.05) is 36.1 Å². The molecule has 2 aliphatic heterocycles. The number of nitrogen functional groups attached to an aromatic ring is 1. The number of amides is 3. The average Bonchev–Trinajstić information content (AvgIpc) is 3.12. The molecule has 9 nitrogen and oxygen atoms in total. The van der Waals surface area contributed by atoms with Crippen molar-refractivity contribution in [2.45, 2.75) is 6.92 Å². The zero-order valence-corrected chi connectivity index (χ0v) is 19.6. The quantitative estimate of drug-likeness (QED) is 0.542. The lowest BCUT2D eigenvalue weighted by molar-refractivity contribution is 0.0746. The van der Waals surface area contributed by atoms with Gasteiger partial charge in [0, 0.05) is 37.8 Å². The molecule has 0 aliphatic carbocycles. The van der Waals surface area contributed by atoms with Crippen molar-refractivity contribution in [3.63, 3.8) is 0 Å². The van der Waals surface area contributed by atoms with Crippen molar-refractivity contribution in [1.82, 2.24) is 14.8 Å². The number of aryl methyl sites for hydroxylation is 1. The molecule has 2 aromatic carbocycles. The second-order valence-electron chi connectivity index (χ2n) is 8.53. The first-order valence-corrected chi connectivity index (χ1v) is 11.4. The number of carbonyl (C=O) groups is 3. The summed E-state index contributed by atoms with van der Waals surface area (Å²) in [5, 5.41) is 2.56. The molecule has 2 aliphatic rings. The molecule has 1 fully saturated rings. The van der Waals surface area contributed by atoms with Crippen LogP contribution in [-0.2, 0) is 0 Å². The van der Waals surface area contributed by atoms with Crippen molar-refractivity contribution in [3.05, 3.63) is 86.2 Å². The van der Waals surface area contributed by atoms with Crippen LogP contribution in [0.2, 0.25) is 5.02 Å². The lowest BCUT2D eigenvalue weighted by atomic mass is 10.1. The largest absolute Gasteiger partial charge is 0.384 e. The molecule has 178 valence electrons. The van der Waals surface area contributed by atoms with Crippen molar-refractivity contribution in [3.8, 4) is 5.69 Å². The fraction of sp³-hybridized carbons (Fsp3) is 0.200. The Labute approximate surface area is 205 Å². The number of halogens is 1. The maximum absolute atomic E-state index is 13.0. The number of piperazine rings is 1. The lowest BCUT2D eigenvalue weighted by Crippen LogP contribution is -2.49.